The first-order chi connectivity index (χ1) is 9.11. The number of methoxy groups -OCH3 is 1. The molecule has 0 aromatic carbocycles. The summed E-state index contributed by atoms with van der Waals surface area (Å²) < 4.78 is 6.40. The van der Waals surface area contributed by atoms with Crippen molar-refractivity contribution in [3.8, 4) is 5.88 Å². The molecule has 3 N–H and O–H groups in total. The Kier molecular flexibility index (Phi) is 3.65. The summed E-state index contributed by atoms with van der Waals surface area (Å²) in [6.45, 7) is 0.365. The van der Waals surface area contributed by atoms with Gasteiger partial charge in [0.05, 0.1) is 13.3 Å². The Hall–Kier alpha value is -2.57. The lowest BCUT2D eigenvalue weighted by Gasteiger charge is -2.05. The fourth-order valence-corrected chi connectivity index (χ4v) is 1.54. The number of aryl methyl sites for hydroxylation is 1. The summed E-state index contributed by atoms with van der Waals surface area (Å²) in [7, 11) is 3.23. The van der Waals surface area contributed by atoms with E-state index in [0.29, 0.717) is 23.8 Å². The molecule has 0 unspecified atom stereocenters. The number of hydrogen-bond acceptors (Lipinski definition) is 5. The summed E-state index contributed by atoms with van der Waals surface area (Å²) in [6.07, 6.45) is 3.09. The second-order valence-corrected chi connectivity index (χ2v) is 3.96. The molecule has 0 aliphatic carbocycles. The monoisotopic (exact) mass is 261 g/mol. The van der Waals surface area contributed by atoms with Crippen molar-refractivity contribution < 1.29 is 9.53 Å². The van der Waals surface area contributed by atoms with Gasteiger partial charge in [-0.25, -0.2) is 4.98 Å². The van der Waals surface area contributed by atoms with Crippen LogP contribution in [0, 0.1) is 0 Å². The number of nitrogens with two attached hydrogens (primary N) is 1. The van der Waals surface area contributed by atoms with Crippen molar-refractivity contribution in [1.29, 1.82) is 0 Å². The van der Waals surface area contributed by atoms with Crippen LogP contribution in [0.5, 0.6) is 5.88 Å². The molecule has 0 saturated heterocycles. The first-order valence-corrected chi connectivity index (χ1v) is 5.66. The Balaban J connectivity index is 1.98. The minimum absolute atomic E-state index is 0.263. The van der Waals surface area contributed by atoms with Gasteiger partial charge in [-0.1, -0.05) is 6.07 Å². The van der Waals surface area contributed by atoms with Crippen LogP contribution in [0.4, 0.5) is 5.82 Å². The number of pyridine rings is 1. The molecule has 0 bridgehead atoms. The van der Waals surface area contributed by atoms with Crippen molar-refractivity contribution in [1.82, 2.24) is 20.1 Å². The number of hydrogen-bond donors (Lipinski definition) is 2. The number of rotatable bonds is 4. The molecule has 0 atom stereocenters. The highest BCUT2D eigenvalue weighted by Gasteiger charge is 2.13. The Morgan fingerprint density at radius 1 is 1.47 bits per heavy atom. The first kappa shape index (κ1) is 12.9. The molecule has 2 heterocycles. The molecule has 0 saturated carbocycles. The molecule has 0 aliphatic heterocycles. The SMILES string of the molecule is COc1ccc(CNC(=O)c2cnn(C)c2N)cn1. The van der Waals surface area contributed by atoms with Gasteiger partial charge >= 0.3 is 0 Å². The van der Waals surface area contributed by atoms with E-state index in [0.717, 1.165) is 5.56 Å². The van der Waals surface area contributed by atoms with Gasteiger partial charge in [0.25, 0.3) is 5.91 Å². The number of anilines is 1. The topological polar surface area (TPSA) is 95.1 Å². The third-order valence-electron chi connectivity index (χ3n) is 2.69. The van der Waals surface area contributed by atoms with Gasteiger partial charge < -0.3 is 15.8 Å². The maximum Gasteiger partial charge on any atom is 0.256 e. The largest absolute Gasteiger partial charge is 0.481 e. The van der Waals surface area contributed by atoms with E-state index in [-0.39, 0.29) is 5.91 Å². The van der Waals surface area contributed by atoms with E-state index in [1.54, 1.807) is 26.4 Å². The van der Waals surface area contributed by atoms with Crippen LogP contribution in [0.3, 0.4) is 0 Å². The average molecular weight is 261 g/mol. The van der Waals surface area contributed by atoms with E-state index < -0.39 is 0 Å². The van der Waals surface area contributed by atoms with E-state index in [1.165, 1.54) is 10.9 Å². The van der Waals surface area contributed by atoms with Crippen LogP contribution < -0.4 is 15.8 Å². The summed E-state index contributed by atoms with van der Waals surface area (Å²) >= 11 is 0. The molecular formula is C12H15N5O2. The first-order valence-electron chi connectivity index (χ1n) is 5.66. The van der Waals surface area contributed by atoms with E-state index in [1.807, 2.05) is 6.07 Å². The number of nitrogen functional groups attached to an aromatic ring is 1. The van der Waals surface area contributed by atoms with Crippen molar-refractivity contribution in [3.05, 3.63) is 35.7 Å². The lowest BCUT2D eigenvalue weighted by atomic mass is 10.2. The van der Waals surface area contributed by atoms with Crippen molar-refractivity contribution in [3.63, 3.8) is 0 Å². The van der Waals surface area contributed by atoms with Gasteiger partial charge in [0.1, 0.15) is 11.4 Å². The van der Waals surface area contributed by atoms with Gasteiger partial charge in [0.15, 0.2) is 0 Å². The number of carbonyl (C=O) groups excluding carboxylic acids is 1. The van der Waals surface area contributed by atoms with Gasteiger partial charge in [-0.15, -0.1) is 0 Å². The fraction of sp³-hybridized carbons (Fsp3) is 0.250. The zero-order chi connectivity index (χ0) is 13.8. The molecule has 0 fully saturated rings. The Morgan fingerprint density at radius 2 is 2.26 bits per heavy atom. The smallest absolute Gasteiger partial charge is 0.256 e. The van der Waals surface area contributed by atoms with E-state index in [2.05, 4.69) is 15.4 Å². The molecule has 1 amide bonds. The average Bonchev–Trinajstić information content (AvgIpc) is 2.77. The maximum atomic E-state index is 11.9. The predicted molar refractivity (Wildman–Crippen MR) is 69.6 cm³/mol. The van der Waals surface area contributed by atoms with Gasteiger partial charge in [-0.2, -0.15) is 5.10 Å². The molecule has 7 nitrogen and oxygen atoms in total. The van der Waals surface area contributed by atoms with E-state index in [9.17, 15) is 4.79 Å². The van der Waals surface area contributed by atoms with Gasteiger partial charge in [-0.05, 0) is 5.56 Å². The normalized spacial score (nSPS) is 10.2. The number of carbonyl (C=O) groups is 1. The zero-order valence-corrected chi connectivity index (χ0v) is 10.8. The van der Waals surface area contributed by atoms with Crippen molar-refractivity contribution >= 4 is 11.7 Å². The minimum atomic E-state index is -0.263. The quantitative estimate of drug-likeness (QED) is 0.827. The number of nitrogens with zero attached hydrogens (tertiary/aromatic N) is 3. The molecule has 0 radical (unpaired) electrons. The van der Waals surface area contributed by atoms with Gasteiger partial charge in [-0.3, -0.25) is 9.48 Å². The van der Waals surface area contributed by atoms with Crippen LogP contribution in [0.25, 0.3) is 0 Å². The minimum Gasteiger partial charge on any atom is -0.481 e. The highest BCUT2D eigenvalue weighted by atomic mass is 16.5. The second-order valence-electron chi connectivity index (χ2n) is 3.96. The van der Waals surface area contributed by atoms with Crippen molar-refractivity contribution in [2.45, 2.75) is 6.54 Å². The van der Waals surface area contributed by atoms with Crippen molar-refractivity contribution in [2.75, 3.05) is 12.8 Å². The molecule has 2 aromatic heterocycles. The van der Waals surface area contributed by atoms with Crippen LogP contribution in [0.2, 0.25) is 0 Å². The third-order valence-corrected chi connectivity index (χ3v) is 2.69. The number of amides is 1. The lowest BCUT2D eigenvalue weighted by molar-refractivity contribution is 0.0951. The molecular weight excluding hydrogens is 246 g/mol. The fourth-order valence-electron chi connectivity index (χ4n) is 1.54. The Bertz CT molecular complexity index is 576. The molecule has 100 valence electrons. The maximum absolute atomic E-state index is 11.9. The lowest BCUT2D eigenvalue weighted by Crippen LogP contribution is -2.23. The van der Waals surface area contributed by atoms with Crippen LogP contribution in [0.15, 0.2) is 24.5 Å². The highest BCUT2D eigenvalue weighted by Crippen LogP contribution is 2.10. The van der Waals surface area contributed by atoms with Crippen LogP contribution in [-0.2, 0) is 13.6 Å². The number of aromatic nitrogens is 3. The molecule has 0 spiro atoms. The van der Waals surface area contributed by atoms with Gasteiger partial charge in [0, 0.05) is 25.9 Å². The van der Waals surface area contributed by atoms with Crippen LogP contribution in [-0.4, -0.2) is 27.8 Å². The third kappa shape index (κ3) is 2.82. The summed E-state index contributed by atoms with van der Waals surface area (Å²) in [5.74, 6) is 0.610. The summed E-state index contributed by atoms with van der Waals surface area (Å²) in [6, 6.07) is 3.57. The molecule has 19 heavy (non-hydrogen) atoms. The summed E-state index contributed by atoms with van der Waals surface area (Å²) in [5.41, 5.74) is 6.96. The van der Waals surface area contributed by atoms with Crippen molar-refractivity contribution in [2.24, 2.45) is 7.05 Å². The predicted octanol–water partition coefficient (Wildman–Crippen LogP) is 0.336. The number of nitrogens with one attached hydrogen (secondary N) is 1. The summed E-state index contributed by atoms with van der Waals surface area (Å²) in [5, 5.41) is 6.67. The molecule has 7 heteroatoms. The molecule has 2 aromatic rings. The van der Waals surface area contributed by atoms with E-state index >= 15 is 0 Å². The highest BCUT2D eigenvalue weighted by molar-refractivity contribution is 5.98. The standard InChI is InChI=1S/C12H15N5O2/c1-17-11(13)9(7-16-17)12(18)15-6-8-3-4-10(19-2)14-5-8/h3-5,7H,6,13H2,1-2H3,(H,15,18). The van der Waals surface area contributed by atoms with Gasteiger partial charge in [0.2, 0.25) is 5.88 Å². The van der Waals surface area contributed by atoms with Crippen LogP contribution in [0.1, 0.15) is 15.9 Å². The number of ether oxygens (including phenoxy) is 1. The molecule has 0 aliphatic rings. The summed E-state index contributed by atoms with van der Waals surface area (Å²) in [4.78, 5) is 15.9. The Labute approximate surface area is 110 Å². The zero-order valence-electron chi connectivity index (χ0n) is 10.8. The van der Waals surface area contributed by atoms with E-state index in [4.69, 9.17) is 10.5 Å². The van der Waals surface area contributed by atoms with Crippen LogP contribution >= 0.6 is 0 Å². The second kappa shape index (κ2) is 5.38. The Morgan fingerprint density at radius 3 is 2.79 bits per heavy atom. The molecule has 2 rings (SSSR count).